The second-order valence-electron chi connectivity index (χ2n) is 6.22. The van der Waals surface area contributed by atoms with Gasteiger partial charge in [0.05, 0.1) is 12.2 Å². The van der Waals surface area contributed by atoms with Gasteiger partial charge in [-0.15, -0.1) is 0 Å². The number of hydrogen-bond acceptors (Lipinski definition) is 4. The minimum absolute atomic E-state index is 0.0787. The van der Waals surface area contributed by atoms with Gasteiger partial charge in [-0.1, -0.05) is 6.92 Å². The van der Waals surface area contributed by atoms with E-state index in [0.717, 1.165) is 19.5 Å². The summed E-state index contributed by atoms with van der Waals surface area (Å²) in [6.07, 6.45) is 3.69. The first-order chi connectivity index (χ1) is 8.94. The minimum atomic E-state index is -0.223. The predicted molar refractivity (Wildman–Crippen MR) is 76.0 cm³/mol. The molecular weight excluding hydrogens is 242 g/mol. The topological polar surface area (TPSA) is 47.6 Å². The van der Waals surface area contributed by atoms with Crippen LogP contribution < -0.4 is 5.32 Å². The third kappa shape index (κ3) is 6.39. The molecule has 0 bridgehead atoms. The lowest BCUT2D eigenvalue weighted by atomic mass is 9.85. The van der Waals surface area contributed by atoms with E-state index in [1.54, 1.807) is 7.11 Å². The normalized spacial score (nSPS) is 22.0. The summed E-state index contributed by atoms with van der Waals surface area (Å²) in [7, 11) is 1.68. The van der Waals surface area contributed by atoms with Gasteiger partial charge in [0.25, 0.3) is 0 Å². The number of esters is 1. The summed E-state index contributed by atoms with van der Waals surface area (Å²) in [5, 5.41) is 3.39. The van der Waals surface area contributed by atoms with Crippen molar-refractivity contribution in [1.29, 1.82) is 0 Å². The molecule has 0 amide bonds. The predicted octanol–water partition coefficient (Wildman–Crippen LogP) is 2.37. The van der Waals surface area contributed by atoms with Crippen LogP contribution in [0.15, 0.2) is 0 Å². The van der Waals surface area contributed by atoms with Gasteiger partial charge >= 0.3 is 5.97 Å². The Balaban J connectivity index is 2.19. The van der Waals surface area contributed by atoms with Crippen LogP contribution in [0.2, 0.25) is 0 Å². The molecule has 0 aromatic heterocycles. The van der Waals surface area contributed by atoms with E-state index < -0.39 is 0 Å². The third-order valence-corrected chi connectivity index (χ3v) is 4.15. The average Bonchev–Trinajstić information content (AvgIpc) is 2.39. The van der Waals surface area contributed by atoms with Gasteiger partial charge < -0.3 is 14.8 Å². The van der Waals surface area contributed by atoms with Crippen molar-refractivity contribution in [1.82, 2.24) is 5.32 Å². The van der Waals surface area contributed by atoms with Crippen LogP contribution >= 0.6 is 0 Å². The molecule has 1 rings (SSSR count). The molecule has 0 aromatic rings. The molecule has 1 aliphatic heterocycles. The first-order valence-corrected chi connectivity index (χ1v) is 7.36. The van der Waals surface area contributed by atoms with E-state index in [0.29, 0.717) is 24.9 Å². The Morgan fingerprint density at radius 2 is 2.21 bits per heavy atom. The van der Waals surface area contributed by atoms with Crippen molar-refractivity contribution in [3.63, 3.8) is 0 Å². The van der Waals surface area contributed by atoms with E-state index in [9.17, 15) is 4.79 Å². The van der Waals surface area contributed by atoms with Gasteiger partial charge in [0.2, 0.25) is 0 Å². The van der Waals surface area contributed by atoms with Crippen LogP contribution in [0.1, 0.15) is 46.5 Å². The monoisotopic (exact) mass is 271 g/mol. The molecule has 0 radical (unpaired) electrons. The zero-order chi connectivity index (χ0) is 14.3. The lowest BCUT2D eigenvalue weighted by Gasteiger charge is -2.28. The molecule has 1 N–H and O–H groups in total. The highest BCUT2D eigenvalue weighted by molar-refractivity contribution is 5.69. The fraction of sp³-hybridized carbons (Fsp3) is 0.933. The summed E-state index contributed by atoms with van der Waals surface area (Å²) < 4.78 is 10.6. The lowest BCUT2D eigenvalue weighted by molar-refractivity contribution is -0.146. The highest BCUT2D eigenvalue weighted by Crippen LogP contribution is 2.23. The maximum Gasteiger partial charge on any atom is 0.306 e. The molecule has 1 fully saturated rings. The second kappa shape index (κ2) is 7.85. The maximum atomic E-state index is 11.8. The van der Waals surface area contributed by atoms with Crippen molar-refractivity contribution in [2.75, 3.05) is 26.8 Å². The molecule has 0 spiro atoms. The zero-order valence-corrected chi connectivity index (χ0v) is 12.8. The fourth-order valence-corrected chi connectivity index (χ4v) is 2.37. The first kappa shape index (κ1) is 16.4. The quantitative estimate of drug-likeness (QED) is 0.722. The number of hydrogen-bond donors (Lipinski definition) is 1. The van der Waals surface area contributed by atoms with Crippen LogP contribution in [0.5, 0.6) is 0 Å². The smallest absolute Gasteiger partial charge is 0.306 e. The fourth-order valence-electron chi connectivity index (χ4n) is 2.37. The Hall–Kier alpha value is -0.610. The van der Waals surface area contributed by atoms with Crippen LogP contribution in [0.4, 0.5) is 0 Å². The summed E-state index contributed by atoms with van der Waals surface area (Å²) in [5.41, 5.74) is -0.223. The van der Waals surface area contributed by atoms with Gasteiger partial charge in [-0.2, -0.15) is 0 Å². The number of piperidine rings is 1. The number of carbonyl (C=O) groups excluding carboxylic acids is 1. The Morgan fingerprint density at radius 3 is 2.79 bits per heavy atom. The Kier molecular flexibility index (Phi) is 6.80. The number of nitrogens with one attached hydrogen (secondary N) is 1. The third-order valence-electron chi connectivity index (χ3n) is 4.15. The van der Waals surface area contributed by atoms with E-state index >= 15 is 0 Å². The summed E-state index contributed by atoms with van der Waals surface area (Å²) in [5.74, 6) is 0.928. The molecule has 1 heterocycles. The summed E-state index contributed by atoms with van der Waals surface area (Å²) >= 11 is 0. The molecule has 1 aliphatic rings. The number of ether oxygens (including phenoxy) is 2. The highest BCUT2D eigenvalue weighted by Gasteiger charge is 2.23. The van der Waals surface area contributed by atoms with Crippen LogP contribution in [0.3, 0.4) is 0 Å². The first-order valence-electron chi connectivity index (χ1n) is 7.36. The highest BCUT2D eigenvalue weighted by atomic mass is 16.5. The van der Waals surface area contributed by atoms with E-state index in [4.69, 9.17) is 9.47 Å². The number of rotatable bonds is 7. The van der Waals surface area contributed by atoms with Crippen molar-refractivity contribution in [2.45, 2.75) is 52.1 Å². The van der Waals surface area contributed by atoms with Crippen LogP contribution in [-0.2, 0) is 14.3 Å². The molecule has 4 nitrogen and oxygen atoms in total. The van der Waals surface area contributed by atoms with Gasteiger partial charge in [0.15, 0.2) is 0 Å². The Labute approximate surface area is 117 Å². The largest absolute Gasteiger partial charge is 0.466 e. The SMILES string of the molecule is COC(C)(C)CCOC(=O)CC(C)C1CCCNC1. The van der Waals surface area contributed by atoms with Crippen LogP contribution in [-0.4, -0.2) is 38.4 Å². The minimum Gasteiger partial charge on any atom is -0.466 e. The van der Waals surface area contributed by atoms with Crippen LogP contribution in [0, 0.1) is 11.8 Å². The molecule has 0 saturated carbocycles. The lowest BCUT2D eigenvalue weighted by Crippen LogP contribution is -2.34. The van der Waals surface area contributed by atoms with E-state index in [-0.39, 0.29) is 11.6 Å². The summed E-state index contributed by atoms with van der Waals surface area (Å²) in [4.78, 5) is 11.8. The van der Waals surface area contributed by atoms with Crippen molar-refractivity contribution >= 4 is 5.97 Å². The molecule has 112 valence electrons. The molecule has 19 heavy (non-hydrogen) atoms. The maximum absolute atomic E-state index is 11.8. The number of methoxy groups -OCH3 is 1. The average molecular weight is 271 g/mol. The molecule has 2 atom stereocenters. The Morgan fingerprint density at radius 1 is 1.47 bits per heavy atom. The summed E-state index contributed by atoms with van der Waals surface area (Å²) in [6.45, 7) is 8.73. The van der Waals surface area contributed by atoms with Gasteiger partial charge in [-0.25, -0.2) is 0 Å². The second-order valence-corrected chi connectivity index (χ2v) is 6.22. The van der Waals surface area contributed by atoms with Crippen molar-refractivity contribution in [3.05, 3.63) is 0 Å². The van der Waals surface area contributed by atoms with E-state index in [1.165, 1.54) is 12.8 Å². The van der Waals surface area contributed by atoms with Crippen molar-refractivity contribution in [3.8, 4) is 0 Å². The van der Waals surface area contributed by atoms with E-state index in [2.05, 4.69) is 12.2 Å². The van der Waals surface area contributed by atoms with Gasteiger partial charge in [-0.3, -0.25) is 4.79 Å². The van der Waals surface area contributed by atoms with Gasteiger partial charge in [-0.05, 0) is 51.6 Å². The van der Waals surface area contributed by atoms with E-state index in [1.807, 2.05) is 13.8 Å². The standard InChI is InChI=1S/C15H29NO3/c1-12(13-6-5-8-16-11-13)10-14(17)19-9-7-15(2,3)18-4/h12-13,16H,5-11H2,1-4H3. The molecule has 1 saturated heterocycles. The van der Waals surface area contributed by atoms with Crippen molar-refractivity contribution in [2.24, 2.45) is 11.8 Å². The van der Waals surface area contributed by atoms with Crippen molar-refractivity contribution < 1.29 is 14.3 Å². The summed E-state index contributed by atoms with van der Waals surface area (Å²) in [6, 6.07) is 0. The molecule has 0 aromatic carbocycles. The molecule has 2 unspecified atom stereocenters. The molecule has 4 heteroatoms. The van der Waals surface area contributed by atoms with Gasteiger partial charge in [0.1, 0.15) is 0 Å². The Bertz CT molecular complexity index is 273. The number of carbonyl (C=O) groups is 1. The zero-order valence-electron chi connectivity index (χ0n) is 12.8. The van der Waals surface area contributed by atoms with Gasteiger partial charge in [0, 0.05) is 20.0 Å². The van der Waals surface area contributed by atoms with Crippen LogP contribution in [0.25, 0.3) is 0 Å². The molecule has 0 aliphatic carbocycles. The molecular formula is C15H29NO3.